The van der Waals surface area contributed by atoms with Gasteiger partial charge in [0.15, 0.2) is 11.6 Å². The molecule has 0 aliphatic carbocycles. The zero-order chi connectivity index (χ0) is 28.8. The Balaban J connectivity index is 0.00000118. The van der Waals surface area contributed by atoms with Crippen molar-refractivity contribution >= 4 is 40.6 Å². The third-order valence-electron chi connectivity index (χ3n) is 6.52. The van der Waals surface area contributed by atoms with E-state index in [9.17, 15) is 14.0 Å². The molecule has 8 nitrogen and oxygen atoms in total. The molecule has 1 aliphatic rings. The predicted octanol–water partition coefficient (Wildman–Crippen LogP) is 6.17. The van der Waals surface area contributed by atoms with Crippen LogP contribution in [0.25, 0.3) is 22.0 Å². The van der Waals surface area contributed by atoms with E-state index in [0.717, 1.165) is 10.9 Å². The van der Waals surface area contributed by atoms with Gasteiger partial charge >= 0.3 is 0 Å². The average Bonchev–Trinajstić information content (AvgIpc) is 3.39. The molecule has 206 valence electrons. The van der Waals surface area contributed by atoms with Crippen LogP contribution in [0.1, 0.15) is 43.4 Å². The number of H-pyrrole nitrogens is 1. The lowest BCUT2D eigenvalue weighted by molar-refractivity contribution is -0.133. The Bertz CT molecular complexity index is 1640. The third-order valence-corrected chi connectivity index (χ3v) is 6.75. The number of ether oxygens (including phenoxy) is 1. The number of hydrogen-bond donors (Lipinski definition) is 2. The van der Waals surface area contributed by atoms with Gasteiger partial charge < -0.3 is 14.8 Å². The first kappa shape index (κ1) is 28.5. The number of halogens is 2. The summed E-state index contributed by atoms with van der Waals surface area (Å²) in [7, 11) is 1.40. The Hall–Kier alpha value is -4.50. The first-order chi connectivity index (χ1) is 19.3. The number of hydrazone groups is 1. The van der Waals surface area contributed by atoms with Gasteiger partial charge in [-0.05, 0) is 47.9 Å². The number of nitrogens with one attached hydrogen (secondary N) is 1. The van der Waals surface area contributed by atoms with Gasteiger partial charge in [-0.25, -0.2) is 9.40 Å². The molecular weight excluding hydrogens is 537 g/mol. The number of methoxy groups -OCH3 is 1. The summed E-state index contributed by atoms with van der Waals surface area (Å²) in [6.45, 7) is 1.66. The van der Waals surface area contributed by atoms with Crippen LogP contribution in [0.3, 0.4) is 0 Å². The molecule has 1 atom stereocenters. The number of carboxylic acid groups (broad SMARTS) is 1. The molecule has 0 fully saturated rings. The van der Waals surface area contributed by atoms with Crippen molar-refractivity contribution in [2.75, 3.05) is 7.11 Å². The zero-order valence-electron chi connectivity index (χ0n) is 21.9. The number of amides is 1. The summed E-state index contributed by atoms with van der Waals surface area (Å²) in [4.78, 5) is 37.9. The number of aromatic amines is 1. The highest BCUT2D eigenvalue weighted by Crippen LogP contribution is 2.38. The molecule has 10 heteroatoms. The average molecular weight is 564 g/mol. The SMILES string of the molecule is CCCC(=O)N1N=C(c2c(-c3ccccc3)c3cc(Cl)ccc3[nH]c2=O)CC1c1ccc(OC)c(F)c1.O=CO. The summed E-state index contributed by atoms with van der Waals surface area (Å²) in [5, 5.41) is 14.2. The Kier molecular flexibility index (Phi) is 8.96. The maximum Gasteiger partial charge on any atom is 0.290 e. The van der Waals surface area contributed by atoms with E-state index >= 15 is 0 Å². The lowest BCUT2D eigenvalue weighted by Crippen LogP contribution is -2.26. The van der Waals surface area contributed by atoms with Crippen LogP contribution in [0.2, 0.25) is 5.02 Å². The molecule has 1 aromatic heterocycles. The molecule has 5 rings (SSSR count). The fraction of sp³-hybridized carbons (Fsp3) is 0.200. The molecule has 0 spiro atoms. The fourth-order valence-corrected chi connectivity index (χ4v) is 4.99. The van der Waals surface area contributed by atoms with Gasteiger partial charge in [0.2, 0.25) is 5.91 Å². The number of nitrogens with zero attached hydrogens (tertiary/aromatic N) is 2. The van der Waals surface area contributed by atoms with E-state index in [1.807, 2.05) is 43.3 Å². The summed E-state index contributed by atoms with van der Waals surface area (Å²) < 4.78 is 19.7. The number of benzene rings is 3. The van der Waals surface area contributed by atoms with Crippen molar-refractivity contribution in [3.8, 4) is 16.9 Å². The van der Waals surface area contributed by atoms with E-state index in [2.05, 4.69) is 10.1 Å². The van der Waals surface area contributed by atoms with Crippen LogP contribution in [0.5, 0.6) is 5.75 Å². The Labute approximate surface area is 234 Å². The topological polar surface area (TPSA) is 112 Å². The van der Waals surface area contributed by atoms with Crippen LogP contribution in [0.4, 0.5) is 4.39 Å². The van der Waals surface area contributed by atoms with Gasteiger partial charge in [-0.3, -0.25) is 14.4 Å². The number of carbonyl (C=O) groups is 2. The lowest BCUT2D eigenvalue weighted by Gasteiger charge is -2.22. The standard InChI is InChI=1S/C29H25ClFN3O3.CH2O2/c1-3-7-26(35)34-24(18-10-13-25(37-2)21(31)14-18)16-23(33-34)28-27(17-8-5-4-6-9-17)20-15-19(30)11-12-22(20)32-29(28)36;2-1-3/h4-6,8-15,24H,3,7,16H2,1-2H3,(H,32,36);1H,(H,2,3). The molecule has 4 aromatic rings. The van der Waals surface area contributed by atoms with Crippen LogP contribution in [-0.4, -0.2) is 40.3 Å². The maximum absolute atomic E-state index is 14.6. The molecule has 2 N–H and O–H groups in total. The van der Waals surface area contributed by atoms with E-state index in [1.54, 1.807) is 18.2 Å². The number of rotatable bonds is 6. The first-order valence-electron chi connectivity index (χ1n) is 12.5. The third kappa shape index (κ3) is 5.74. The van der Waals surface area contributed by atoms with Crippen LogP contribution in [-0.2, 0) is 9.59 Å². The summed E-state index contributed by atoms with van der Waals surface area (Å²) in [5.74, 6) is -0.608. The molecule has 2 heterocycles. The van der Waals surface area contributed by atoms with Crippen molar-refractivity contribution in [1.29, 1.82) is 0 Å². The quantitative estimate of drug-likeness (QED) is 0.272. The van der Waals surface area contributed by atoms with Gasteiger partial charge in [0.05, 0.1) is 24.4 Å². The smallest absolute Gasteiger partial charge is 0.290 e. The Morgan fingerprint density at radius 3 is 2.55 bits per heavy atom. The van der Waals surface area contributed by atoms with Crippen molar-refractivity contribution in [1.82, 2.24) is 9.99 Å². The van der Waals surface area contributed by atoms with Gasteiger partial charge in [-0.2, -0.15) is 5.10 Å². The second-order valence-corrected chi connectivity index (χ2v) is 9.45. The van der Waals surface area contributed by atoms with Crippen molar-refractivity contribution < 1.29 is 23.8 Å². The van der Waals surface area contributed by atoms with Gasteiger partial charge in [0.1, 0.15) is 0 Å². The summed E-state index contributed by atoms with van der Waals surface area (Å²) >= 11 is 6.35. The number of pyridine rings is 1. The van der Waals surface area contributed by atoms with Gasteiger partial charge in [-0.1, -0.05) is 54.9 Å². The molecule has 3 aromatic carbocycles. The first-order valence-corrected chi connectivity index (χ1v) is 12.9. The monoisotopic (exact) mass is 563 g/mol. The van der Waals surface area contributed by atoms with Gasteiger partial charge in [-0.15, -0.1) is 0 Å². The van der Waals surface area contributed by atoms with Crippen molar-refractivity contribution in [2.24, 2.45) is 5.10 Å². The summed E-state index contributed by atoms with van der Waals surface area (Å²) in [6.07, 6.45) is 1.16. The largest absolute Gasteiger partial charge is 0.494 e. The van der Waals surface area contributed by atoms with E-state index < -0.39 is 11.9 Å². The van der Waals surface area contributed by atoms with Crippen LogP contribution in [0, 0.1) is 5.82 Å². The second-order valence-electron chi connectivity index (χ2n) is 9.01. The van der Waals surface area contributed by atoms with E-state index in [-0.39, 0.29) is 36.5 Å². The Morgan fingerprint density at radius 2 is 1.90 bits per heavy atom. The molecule has 0 saturated carbocycles. The number of aromatic nitrogens is 1. The van der Waals surface area contributed by atoms with E-state index in [0.29, 0.717) is 39.4 Å². The minimum absolute atomic E-state index is 0.114. The van der Waals surface area contributed by atoms with Crippen molar-refractivity contribution in [3.05, 3.63) is 99.1 Å². The second kappa shape index (κ2) is 12.6. The molecule has 1 unspecified atom stereocenters. The lowest BCUT2D eigenvalue weighted by atomic mass is 9.91. The highest BCUT2D eigenvalue weighted by molar-refractivity contribution is 6.31. The number of fused-ring (bicyclic) bond motifs is 1. The van der Waals surface area contributed by atoms with Crippen molar-refractivity contribution in [2.45, 2.75) is 32.2 Å². The Morgan fingerprint density at radius 1 is 1.18 bits per heavy atom. The molecular formula is C30H27ClFN3O5. The van der Waals surface area contributed by atoms with Crippen LogP contribution >= 0.6 is 11.6 Å². The summed E-state index contributed by atoms with van der Waals surface area (Å²) in [5.41, 5.74) is 3.22. The molecule has 1 amide bonds. The van der Waals surface area contributed by atoms with Gasteiger partial charge in [0.25, 0.3) is 12.0 Å². The molecule has 1 aliphatic heterocycles. The maximum atomic E-state index is 14.6. The zero-order valence-corrected chi connectivity index (χ0v) is 22.6. The normalized spacial score (nSPS) is 14.3. The van der Waals surface area contributed by atoms with Gasteiger partial charge in [0, 0.05) is 34.3 Å². The number of hydrogen-bond acceptors (Lipinski definition) is 5. The van der Waals surface area contributed by atoms with E-state index in [1.165, 1.54) is 24.3 Å². The molecule has 0 radical (unpaired) electrons. The highest BCUT2D eigenvalue weighted by atomic mass is 35.5. The minimum atomic E-state index is -0.562. The highest BCUT2D eigenvalue weighted by Gasteiger charge is 2.35. The van der Waals surface area contributed by atoms with Crippen LogP contribution < -0.4 is 10.3 Å². The fourth-order valence-electron chi connectivity index (χ4n) is 4.81. The van der Waals surface area contributed by atoms with Crippen LogP contribution in [0.15, 0.2) is 76.6 Å². The molecule has 0 bridgehead atoms. The van der Waals surface area contributed by atoms with Crippen molar-refractivity contribution in [3.63, 3.8) is 0 Å². The molecule has 0 saturated heterocycles. The molecule has 40 heavy (non-hydrogen) atoms. The predicted molar refractivity (Wildman–Crippen MR) is 152 cm³/mol. The number of carbonyl (C=O) groups excluding carboxylic acids is 1. The van der Waals surface area contributed by atoms with E-state index in [4.69, 9.17) is 26.2 Å². The summed E-state index contributed by atoms with van der Waals surface area (Å²) in [6, 6.07) is 18.9. The minimum Gasteiger partial charge on any atom is -0.494 e.